The summed E-state index contributed by atoms with van der Waals surface area (Å²) in [6.45, 7) is 1.76. The Morgan fingerprint density at radius 3 is 2.52 bits per heavy atom. The van der Waals surface area contributed by atoms with Gasteiger partial charge in [-0.05, 0) is 43.3 Å². The average Bonchev–Trinajstić information content (AvgIpc) is 2.49. The third-order valence-electron chi connectivity index (χ3n) is 2.70. The molecule has 21 heavy (non-hydrogen) atoms. The van der Waals surface area contributed by atoms with Crippen LogP contribution in [0.3, 0.4) is 0 Å². The Labute approximate surface area is 129 Å². The van der Waals surface area contributed by atoms with Crippen molar-refractivity contribution in [1.29, 1.82) is 5.26 Å². The van der Waals surface area contributed by atoms with Crippen LogP contribution in [0.5, 0.6) is 0 Å². The molecule has 0 fully saturated rings. The molecule has 5 nitrogen and oxygen atoms in total. The van der Waals surface area contributed by atoms with Gasteiger partial charge in [0.15, 0.2) is 0 Å². The number of nitrogens with zero attached hydrogens (tertiary/aromatic N) is 2. The summed E-state index contributed by atoms with van der Waals surface area (Å²) in [6, 6.07) is 13.8. The number of halogens is 1. The molecule has 2 aromatic rings. The molecule has 0 saturated carbocycles. The van der Waals surface area contributed by atoms with E-state index >= 15 is 0 Å². The molecule has 0 saturated heterocycles. The number of aromatic nitrogens is 1. The number of pyridine rings is 1. The van der Waals surface area contributed by atoms with Gasteiger partial charge in [0, 0.05) is 11.9 Å². The van der Waals surface area contributed by atoms with Gasteiger partial charge in [0.1, 0.15) is 11.9 Å². The van der Waals surface area contributed by atoms with Crippen LogP contribution in [-0.4, -0.2) is 16.9 Å². The van der Waals surface area contributed by atoms with Crippen molar-refractivity contribution in [3.63, 3.8) is 0 Å². The second-order valence-corrected chi connectivity index (χ2v) is 4.26. The molecule has 0 radical (unpaired) electrons. The topological polar surface area (TPSA) is 77.8 Å². The summed E-state index contributed by atoms with van der Waals surface area (Å²) in [4.78, 5) is 16.1. The van der Waals surface area contributed by atoms with Crippen molar-refractivity contribution in [3.05, 3.63) is 54.2 Å². The molecule has 2 N–H and O–H groups in total. The Balaban J connectivity index is 0.00000220. The maximum Gasteiger partial charge on any atom is 0.246 e. The quantitative estimate of drug-likeness (QED) is 0.910. The molecule has 0 aliphatic carbocycles. The minimum Gasteiger partial charge on any atom is -0.359 e. The van der Waals surface area contributed by atoms with Gasteiger partial charge in [-0.15, -0.1) is 12.4 Å². The van der Waals surface area contributed by atoms with Crippen molar-refractivity contribution in [2.75, 3.05) is 10.6 Å². The average molecular weight is 303 g/mol. The normalized spacial score (nSPS) is 10.7. The highest BCUT2D eigenvalue weighted by atomic mass is 35.5. The summed E-state index contributed by atoms with van der Waals surface area (Å²) in [5, 5.41) is 14.5. The number of nitriles is 1. The maximum atomic E-state index is 12.0. The molecule has 0 unspecified atom stereocenters. The van der Waals surface area contributed by atoms with Crippen LogP contribution < -0.4 is 10.6 Å². The lowest BCUT2D eigenvalue weighted by Gasteiger charge is -2.14. The Morgan fingerprint density at radius 2 is 1.95 bits per heavy atom. The first kappa shape index (κ1) is 16.5. The Morgan fingerprint density at radius 1 is 1.24 bits per heavy atom. The zero-order chi connectivity index (χ0) is 14.4. The van der Waals surface area contributed by atoms with Crippen LogP contribution in [0, 0.1) is 11.3 Å². The number of carbonyl (C=O) groups excluding carboxylic acids is 1. The molecule has 6 heteroatoms. The minimum atomic E-state index is -0.416. The summed E-state index contributed by atoms with van der Waals surface area (Å²) in [6.07, 6.45) is 1.66. The molecule has 108 valence electrons. The van der Waals surface area contributed by atoms with Crippen molar-refractivity contribution in [2.24, 2.45) is 0 Å². The fraction of sp³-hybridized carbons (Fsp3) is 0.133. The van der Waals surface area contributed by atoms with Crippen LogP contribution in [0.2, 0.25) is 0 Å². The van der Waals surface area contributed by atoms with Gasteiger partial charge in [0.25, 0.3) is 0 Å². The fourth-order valence-corrected chi connectivity index (χ4v) is 1.61. The number of benzene rings is 1. The molecule has 1 aromatic heterocycles. The highest BCUT2D eigenvalue weighted by Crippen LogP contribution is 2.10. The van der Waals surface area contributed by atoms with Crippen LogP contribution >= 0.6 is 12.4 Å². The van der Waals surface area contributed by atoms with Crippen LogP contribution in [0.1, 0.15) is 12.5 Å². The lowest BCUT2D eigenvalue weighted by molar-refractivity contribution is -0.116. The van der Waals surface area contributed by atoms with Crippen molar-refractivity contribution in [2.45, 2.75) is 13.0 Å². The molecule has 1 aromatic carbocycles. The van der Waals surface area contributed by atoms with E-state index in [2.05, 4.69) is 15.6 Å². The molecule has 1 heterocycles. The van der Waals surface area contributed by atoms with E-state index in [0.717, 1.165) is 0 Å². The first-order chi connectivity index (χ1) is 9.69. The molecular weight excluding hydrogens is 288 g/mol. The third-order valence-corrected chi connectivity index (χ3v) is 2.70. The second-order valence-electron chi connectivity index (χ2n) is 4.26. The Hall–Kier alpha value is -2.58. The number of hydrogen-bond acceptors (Lipinski definition) is 4. The predicted molar refractivity (Wildman–Crippen MR) is 84.4 cm³/mol. The lowest BCUT2D eigenvalue weighted by Crippen LogP contribution is -2.32. The van der Waals surface area contributed by atoms with Crippen molar-refractivity contribution in [1.82, 2.24) is 4.98 Å². The summed E-state index contributed by atoms with van der Waals surface area (Å²) in [5.74, 6) is 0.482. The number of anilines is 2. The van der Waals surface area contributed by atoms with Crippen molar-refractivity contribution in [3.8, 4) is 6.07 Å². The monoisotopic (exact) mass is 302 g/mol. The zero-order valence-corrected chi connectivity index (χ0v) is 12.2. The van der Waals surface area contributed by atoms with E-state index in [-0.39, 0.29) is 18.3 Å². The van der Waals surface area contributed by atoms with E-state index in [1.165, 1.54) is 0 Å². The van der Waals surface area contributed by atoms with Gasteiger partial charge in [0.2, 0.25) is 5.91 Å². The summed E-state index contributed by atoms with van der Waals surface area (Å²) < 4.78 is 0. The predicted octanol–water partition coefficient (Wildman–Crippen LogP) is 2.81. The minimum absolute atomic E-state index is 0. The van der Waals surface area contributed by atoms with Crippen molar-refractivity contribution < 1.29 is 4.79 Å². The van der Waals surface area contributed by atoms with E-state index in [1.54, 1.807) is 43.5 Å². The van der Waals surface area contributed by atoms with Gasteiger partial charge in [-0.3, -0.25) is 4.79 Å². The number of hydrogen-bond donors (Lipinski definition) is 2. The van der Waals surface area contributed by atoms with E-state index in [4.69, 9.17) is 5.26 Å². The smallest absolute Gasteiger partial charge is 0.246 e. The summed E-state index contributed by atoms with van der Waals surface area (Å²) in [7, 11) is 0. The molecule has 0 aliphatic heterocycles. The number of carbonyl (C=O) groups is 1. The Kier molecular flexibility index (Phi) is 6.18. The number of amides is 1. The molecule has 0 bridgehead atoms. The Bertz CT molecular complexity index is 622. The zero-order valence-electron chi connectivity index (χ0n) is 11.4. The van der Waals surface area contributed by atoms with Crippen molar-refractivity contribution >= 4 is 29.8 Å². The van der Waals surface area contributed by atoms with E-state index in [0.29, 0.717) is 17.1 Å². The van der Waals surface area contributed by atoms with Gasteiger partial charge >= 0.3 is 0 Å². The molecule has 1 atom stereocenters. The largest absolute Gasteiger partial charge is 0.359 e. The van der Waals surface area contributed by atoms with E-state index < -0.39 is 6.04 Å². The number of nitrogens with one attached hydrogen (secondary N) is 2. The lowest BCUT2D eigenvalue weighted by atomic mass is 10.2. The fourth-order valence-electron chi connectivity index (χ4n) is 1.61. The van der Waals surface area contributed by atoms with Gasteiger partial charge in [0.05, 0.1) is 11.6 Å². The highest BCUT2D eigenvalue weighted by molar-refractivity contribution is 5.96. The highest BCUT2D eigenvalue weighted by Gasteiger charge is 2.12. The van der Waals surface area contributed by atoms with E-state index in [9.17, 15) is 4.79 Å². The van der Waals surface area contributed by atoms with Gasteiger partial charge in [-0.1, -0.05) is 6.07 Å². The molecule has 2 rings (SSSR count). The van der Waals surface area contributed by atoms with Crippen LogP contribution in [0.15, 0.2) is 48.7 Å². The third kappa shape index (κ3) is 4.79. The summed E-state index contributed by atoms with van der Waals surface area (Å²) >= 11 is 0. The molecular formula is C15H15ClN4O. The number of rotatable bonds is 4. The second kappa shape index (κ2) is 7.88. The molecule has 1 amide bonds. The van der Waals surface area contributed by atoms with Crippen LogP contribution in [0.4, 0.5) is 11.5 Å². The maximum absolute atomic E-state index is 12.0. The SMILES string of the molecule is C[C@@H](Nc1ccccn1)C(=O)Nc1ccc(C#N)cc1.Cl. The molecule has 0 aliphatic rings. The molecule has 0 spiro atoms. The van der Waals surface area contributed by atoms with Crippen LogP contribution in [0.25, 0.3) is 0 Å². The van der Waals surface area contributed by atoms with E-state index in [1.807, 2.05) is 18.2 Å². The van der Waals surface area contributed by atoms with Crippen LogP contribution in [-0.2, 0) is 4.79 Å². The standard InChI is InChI=1S/C15H14N4O.ClH/c1-11(18-14-4-2-3-9-17-14)15(20)19-13-7-5-12(10-16)6-8-13;/h2-9,11H,1H3,(H,17,18)(H,19,20);1H/t11-;/m1./s1. The first-order valence-electron chi connectivity index (χ1n) is 6.17. The van der Waals surface area contributed by atoms with Gasteiger partial charge in [-0.25, -0.2) is 4.98 Å². The first-order valence-corrected chi connectivity index (χ1v) is 6.17. The summed E-state index contributed by atoms with van der Waals surface area (Å²) in [5.41, 5.74) is 1.21. The van der Waals surface area contributed by atoms with Gasteiger partial charge < -0.3 is 10.6 Å². The van der Waals surface area contributed by atoms with Gasteiger partial charge in [-0.2, -0.15) is 5.26 Å².